The van der Waals surface area contributed by atoms with E-state index < -0.39 is 0 Å². The fourth-order valence-electron chi connectivity index (χ4n) is 2.13. The number of hydrogen-bond acceptors (Lipinski definition) is 3. The summed E-state index contributed by atoms with van der Waals surface area (Å²) in [7, 11) is 0. The average Bonchev–Trinajstić information content (AvgIpc) is 2.82. The second-order valence-corrected chi connectivity index (χ2v) is 6.62. The van der Waals surface area contributed by atoms with Crippen molar-refractivity contribution < 1.29 is 9.18 Å². The molecule has 1 amide bonds. The van der Waals surface area contributed by atoms with E-state index in [0.29, 0.717) is 11.4 Å². The van der Waals surface area contributed by atoms with Crippen LogP contribution in [0.4, 0.5) is 10.1 Å². The molecule has 3 rings (SSSR count). The molecule has 2 aromatic rings. The molecule has 0 N–H and O–H groups in total. The normalized spacial score (nSPS) is 18.6. The summed E-state index contributed by atoms with van der Waals surface area (Å²) in [5.41, 5.74) is 1.23. The van der Waals surface area contributed by atoms with Crippen LogP contribution in [0.25, 0.3) is 0 Å². The lowest BCUT2D eigenvalue weighted by Gasteiger charge is -2.24. The Morgan fingerprint density at radius 1 is 1.40 bits per heavy atom. The van der Waals surface area contributed by atoms with Crippen LogP contribution in [0.3, 0.4) is 0 Å². The van der Waals surface area contributed by atoms with Crippen molar-refractivity contribution in [3.8, 4) is 0 Å². The van der Waals surface area contributed by atoms with Gasteiger partial charge in [-0.1, -0.05) is 6.07 Å². The number of rotatable bonds is 2. The van der Waals surface area contributed by atoms with Gasteiger partial charge in [0, 0.05) is 21.5 Å². The molecule has 3 nitrogen and oxygen atoms in total. The summed E-state index contributed by atoms with van der Waals surface area (Å²) in [6, 6.07) is 8.62. The number of nitrogens with zero attached hydrogens (tertiary/aromatic N) is 2. The van der Waals surface area contributed by atoms with Gasteiger partial charge >= 0.3 is 0 Å². The van der Waals surface area contributed by atoms with Crippen molar-refractivity contribution >= 4 is 45.9 Å². The van der Waals surface area contributed by atoms with Crippen LogP contribution in [0.1, 0.15) is 10.9 Å². The largest absolute Gasteiger partial charge is 0.292 e. The number of benzene rings is 1. The third-order valence-electron chi connectivity index (χ3n) is 3.01. The van der Waals surface area contributed by atoms with Crippen LogP contribution < -0.4 is 4.90 Å². The number of amides is 1. The third kappa shape index (κ3) is 2.54. The van der Waals surface area contributed by atoms with Crippen LogP contribution in [0, 0.1) is 9.39 Å². The first kappa shape index (κ1) is 13.8. The van der Waals surface area contributed by atoms with Crippen LogP contribution in [0.15, 0.2) is 42.7 Å². The number of carbonyl (C=O) groups is 1. The molecule has 1 saturated heterocycles. The molecule has 1 aliphatic heterocycles. The summed E-state index contributed by atoms with van der Waals surface area (Å²) in [4.78, 5) is 17.7. The number of hydrogen-bond donors (Lipinski definition) is 0. The van der Waals surface area contributed by atoms with Crippen molar-refractivity contribution in [3.63, 3.8) is 0 Å². The van der Waals surface area contributed by atoms with E-state index in [1.54, 1.807) is 24.5 Å². The smallest absolute Gasteiger partial charge is 0.238 e. The second kappa shape index (κ2) is 5.69. The Bertz CT molecular complexity index is 653. The predicted octanol–water partition coefficient (Wildman–Crippen LogP) is 3.60. The molecule has 102 valence electrons. The summed E-state index contributed by atoms with van der Waals surface area (Å²) in [6.07, 6.45) is 3.40. The lowest BCUT2D eigenvalue weighted by molar-refractivity contribution is -0.115. The highest BCUT2D eigenvalue weighted by Crippen LogP contribution is 2.42. The topological polar surface area (TPSA) is 33.2 Å². The van der Waals surface area contributed by atoms with Crippen LogP contribution in [-0.4, -0.2) is 16.6 Å². The van der Waals surface area contributed by atoms with Gasteiger partial charge in [0.1, 0.15) is 11.2 Å². The summed E-state index contributed by atoms with van der Waals surface area (Å²) < 4.78 is 14.9. The van der Waals surface area contributed by atoms with Gasteiger partial charge in [-0.25, -0.2) is 4.39 Å². The minimum absolute atomic E-state index is 0.0797. The van der Waals surface area contributed by atoms with E-state index in [4.69, 9.17) is 0 Å². The van der Waals surface area contributed by atoms with Crippen LogP contribution >= 0.6 is 34.4 Å². The zero-order valence-electron chi connectivity index (χ0n) is 10.3. The van der Waals surface area contributed by atoms with Gasteiger partial charge in [0.25, 0.3) is 0 Å². The standard InChI is InChI=1S/C14H10FIN2OS/c15-11-6-10(16)3-4-12(11)18-13(19)8-20-14(18)9-2-1-5-17-7-9/h1-7,14H,8H2/t14-/m0/s1. The molecule has 0 unspecified atom stereocenters. The minimum atomic E-state index is -0.373. The number of pyridine rings is 1. The van der Waals surface area contributed by atoms with E-state index in [1.807, 2.05) is 34.7 Å². The average molecular weight is 400 g/mol. The summed E-state index contributed by atoms with van der Waals surface area (Å²) >= 11 is 3.54. The Morgan fingerprint density at radius 2 is 2.25 bits per heavy atom. The van der Waals surface area contributed by atoms with Crippen LogP contribution in [-0.2, 0) is 4.79 Å². The minimum Gasteiger partial charge on any atom is -0.292 e. The van der Waals surface area contributed by atoms with E-state index in [-0.39, 0.29) is 17.1 Å². The van der Waals surface area contributed by atoms with Gasteiger partial charge in [0.15, 0.2) is 0 Å². The quantitative estimate of drug-likeness (QED) is 0.723. The molecular formula is C14H10FIN2OS. The molecular weight excluding hydrogens is 390 g/mol. The maximum Gasteiger partial charge on any atom is 0.238 e. The van der Waals surface area contributed by atoms with Gasteiger partial charge in [-0.3, -0.25) is 14.7 Å². The van der Waals surface area contributed by atoms with Gasteiger partial charge in [-0.2, -0.15) is 0 Å². The Balaban J connectivity index is 2.03. The first-order valence-electron chi connectivity index (χ1n) is 5.95. The summed E-state index contributed by atoms with van der Waals surface area (Å²) in [5.74, 6) is -0.101. The Labute approximate surface area is 133 Å². The molecule has 6 heteroatoms. The second-order valence-electron chi connectivity index (χ2n) is 4.31. The van der Waals surface area contributed by atoms with Gasteiger partial charge in [-0.15, -0.1) is 11.8 Å². The van der Waals surface area contributed by atoms with Crippen LogP contribution in [0.2, 0.25) is 0 Å². The molecule has 1 aromatic heterocycles. The molecule has 0 bridgehead atoms. The molecule has 0 spiro atoms. The Kier molecular flexibility index (Phi) is 3.93. The molecule has 1 aromatic carbocycles. The highest BCUT2D eigenvalue weighted by molar-refractivity contribution is 14.1. The fourth-order valence-corrected chi connectivity index (χ4v) is 3.73. The van der Waals surface area contributed by atoms with E-state index >= 15 is 0 Å². The summed E-state index contributed by atoms with van der Waals surface area (Å²) in [6.45, 7) is 0. The Morgan fingerprint density at radius 3 is 2.95 bits per heavy atom. The maximum atomic E-state index is 14.1. The highest BCUT2D eigenvalue weighted by atomic mass is 127. The van der Waals surface area contributed by atoms with Crippen molar-refractivity contribution in [2.24, 2.45) is 0 Å². The van der Waals surface area contributed by atoms with Crippen molar-refractivity contribution in [2.45, 2.75) is 5.37 Å². The molecule has 20 heavy (non-hydrogen) atoms. The maximum absolute atomic E-state index is 14.1. The lowest BCUT2D eigenvalue weighted by atomic mass is 10.2. The van der Waals surface area contributed by atoms with Crippen LogP contribution in [0.5, 0.6) is 0 Å². The van der Waals surface area contributed by atoms with Crippen molar-refractivity contribution in [1.82, 2.24) is 4.98 Å². The SMILES string of the molecule is O=C1CS[C@@H](c2cccnc2)N1c1ccc(I)cc1F. The molecule has 1 fully saturated rings. The summed E-state index contributed by atoms with van der Waals surface area (Å²) in [5, 5.41) is -0.217. The monoisotopic (exact) mass is 400 g/mol. The van der Waals surface area contributed by atoms with Gasteiger partial charge in [0.05, 0.1) is 11.4 Å². The van der Waals surface area contributed by atoms with E-state index in [1.165, 1.54) is 22.7 Å². The van der Waals surface area contributed by atoms with E-state index in [0.717, 1.165) is 9.13 Å². The first-order chi connectivity index (χ1) is 9.66. The van der Waals surface area contributed by atoms with Gasteiger partial charge < -0.3 is 0 Å². The van der Waals surface area contributed by atoms with E-state index in [9.17, 15) is 9.18 Å². The van der Waals surface area contributed by atoms with Crippen molar-refractivity contribution in [2.75, 3.05) is 10.7 Å². The van der Waals surface area contributed by atoms with Crippen molar-refractivity contribution in [3.05, 3.63) is 57.7 Å². The molecule has 2 heterocycles. The Hall–Kier alpha value is -1.15. The number of anilines is 1. The zero-order chi connectivity index (χ0) is 14.1. The predicted molar refractivity (Wildman–Crippen MR) is 86.0 cm³/mol. The molecule has 0 saturated carbocycles. The lowest BCUT2D eigenvalue weighted by Crippen LogP contribution is -2.28. The first-order valence-corrected chi connectivity index (χ1v) is 8.08. The van der Waals surface area contributed by atoms with E-state index in [2.05, 4.69) is 4.98 Å². The number of aromatic nitrogens is 1. The number of thioether (sulfide) groups is 1. The molecule has 1 aliphatic rings. The zero-order valence-corrected chi connectivity index (χ0v) is 13.3. The number of carbonyl (C=O) groups excluding carboxylic acids is 1. The fraction of sp³-hybridized carbons (Fsp3) is 0.143. The highest BCUT2D eigenvalue weighted by Gasteiger charge is 2.35. The third-order valence-corrected chi connectivity index (χ3v) is 4.89. The molecule has 0 aliphatic carbocycles. The molecule has 1 atom stereocenters. The van der Waals surface area contributed by atoms with Gasteiger partial charge in [-0.05, 0) is 46.9 Å². The van der Waals surface area contributed by atoms with Crippen molar-refractivity contribution in [1.29, 1.82) is 0 Å². The molecule has 0 radical (unpaired) electrons. The van der Waals surface area contributed by atoms with Gasteiger partial charge in [0.2, 0.25) is 5.91 Å². The number of halogens is 2.